The van der Waals surface area contributed by atoms with E-state index >= 15 is 0 Å². The molecule has 0 unspecified atom stereocenters. The average Bonchev–Trinajstić information content (AvgIpc) is 3.26. The second kappa shape index (κ2) is 8.76. The summed E-state index contributed by atoms with van der Waals surface area (Å²) in [7, 11) is -3.66. The van der Waals surface area contributed by atoms with Gasteiger partial charge in [-0.05, 0) is 74.7 Å². The fourth-order valence-electron chi connectivity index (χ4n) is 3.72. The number of halogens is 1. The molecule has 31 heavy (non-hydrogen) atoms. The highest BCUT2D eigenvalue weighted by Gasteiger charge is 2.33. The molecule has 0 spiro atoms. The molecule has 0 N–H and O–H groups in total. The molecule has 0 bridgehead atoms. The Hall–Kier alpha value is -2.78. The maximum Gasteiger partial charge on any atom is 0.247 e. The number of nitrogens with zero attached hydrogens (tertiary/aromatic N) is 3. The van der Waals surface area contributed by atoms with Gasteiger partial charge >= 0.3 is 0 Å². The van der Waals surface area contributed by atoms with E-state index in [1.807, 2.05) is 13.8 Å². The Balaban J connectivity index is 1.53. The molecule has 0 saturated carbocycles. The predicted octanol–water partition coefficient (Wildman–Crippen LogP) is 4.15. The van der Waals surface area contributed by atoms with Crippen molar-refractivity contribution in [3.63, 3.8) is 0 Å². The molecule has 2 heterocycles. The largest absolute Gasteiger partial charge is 0.494 e. The van der Waals surface area contributed by atoms with E-state index in [1.54, 1.807) is 30.3 Å². The molecular weight excluding hydrogens is 421 g/mol. The van der Waals surface area contributed by atoms with Crippen LogP contribution in [0.25, 0.3) is 11.5 Å². The number of rotatable bonds is 6. The van der Waals surface area contributed by atoms with Crippen LogP contribution in [0.2, 0.25) is 0 Å². The van der Waals surface area contributed by atoms with E-state index in [-0.39, 0.29) is 29.1 Å². The third kappa shape index (κ3) is 4.47. The number of benzene rings is 2. The average molecular weight is 446 g/mol. The lowest BCUT2D eigenvalue weighted by atomic mass is 10.00. The van der Waals surface area contributed by atoms with Crippen molar-refractivity contribution in [2.24, 2.45) is 0 Å². The summed E-state index contributed by atoms with van der Waals surface area (Å²) < 4.78 is 52.4. The van der Waals surface area contributed by atoms with Crippen molar-refractivity contribution in [3.05, 3.63) is 59.7 Å². The Morgan fingerprint density at radius 2 is 1.97 bits per heavy atom. The van der Waals surface area contributed by atoms with Crippen molar-refractivity contribution in [3.8, 4) is 17.2 Å². The molecule has 3 aromatic rings. The lowest BCUT2D eigenvalue weighted by Gasteiger charge is -2.30. The van der Waals surface area contributed by atoms with Gasteiger partial charge in [-0.2, -0.15) is 4.31 Å². The molecule has 4 rings (SSSR count). The molecular formula is C22H24FN3O4S. The zero-order valence-electron chi connectivity index (χ0n) is 17.4. The molecule has 0 amide bonds. The first-order chi connectivity index (χ1) is 14.9. The molecule has 1 aliphatic rings. The fourth-order valence-corrected chi connectivity index (χ4v) is 5.33. The minimum atomic E-state index is -3.66. The lowest BCUT2D eigenvalue weighted by molar-refractivity contribution is 0.286. The van der Waals surface area contributed by atoms with E-state index in [2.05, 4.69) is 10.2 Å². The van der Waals surface area contributed by atoms with Gasteiger partial charge in [-0.1, -0.05) is 0 Å². The van der Waals surface area contributed by atoms with Crippen LogP contribution in [-0.2, 0) is 10.0 Å². The normalized spacial score (nSPS) is 17.6. The fraction of sp³-hybridized carbons (Fsp3) is 0.364. The molecule has 0 radical (unpaired) electrons. The van der Waals surface area contributed by atoms with Crippen molar-refractivity contribution >= 4 is 10.0 Å². The number of sulfonamides is 1. The summed E-state index contributed by atoms with van der Waals surface area (Å²) in [4.78, 5) is 0.242. The van der Waals surface area contributed by atoms with Crippen molar-refractivity contribution in [2.75, 3.05) is 19.7 Å². The van der Waals surface area contributed by atoms with Crippen molar-refractivity contribution < 1.29 is 22.0 Å². The second-order valence-corrected chi connectivity index (χ2v) is 9.45. The number of aromatic nitrogens is 2. The summed E-state index contributed by atoms with van der Waals surface area (Å²) in [6, 6.07) is 10.7. The van der Waals surface area contributed by atoms with Gasteiger partial charge in [0.1, 0.15) is 11.6 Å². The Bertz CT molecular complexity index is 1160. The number of piperidine rings is 1. The van der Waals surface area contributed by atoms with Gasteiger partial charge in [0, 0.05) is 18.7 Å². The predicted molar refractivity (Wildman–Crippen MR) is 113 cm³/mol. The first-order valence-electron chi connectivity index (χ1n) is 10.2. The zero-order valence-corrected chi connectivity index (χ0v) is 18.2. The summed E-state index contributed by atoms with van der Waals surface area (Å²) in [6.07, 6.45) is 1.44. The van der Waals surface area contributed by atoms with E-state index in [0.29, 0.717) is 36.8 Å². The Labute approximate surface area is 180 Å². The van der Waals surface area contributed by atoms with E-state index in [9.17, 15) is 12.8 Å². The van der Waals surface area contributed by atoms with Gasteiger partial charge in [-0.3, -0.25) is 0 Å². The third-order valence-corrected chi connectivity index (χ3v) is 7.21. The lowest BCUT2D eigenvalue weighted by Crippen LogP contribution is -2.39. The molecule has 2 aromatic carbocycles. The smallest absolute Gasteiger partial charge is 0.247 e. The first kappa shape index (κ1) is 21.5. The van der Waals surface area contributed by atoms with Crippen molar-refractivity contribution in [1.82, 2.24) is 14.5 Å². The number of ether oxygens (including phenoxy) is 1. The van der Waals surface area contributed by atoms with Crippen LogP contribution in [0.3, 0.4) is 0 Å². The van der Waals surface area contributed by atoms with Gasteiger partial charge in [0.25, 0.3) is 0 Å². The van der Waals surface area contributed by atoms with Crippen LogP contribution in [-0.4, -0.2) is 42.6 Å². The topological polar surface area (TPSA) is 85.5 Å². The zero-order chi connectivity index (χ0) is 22.0. The van der Waals surface area contributed by atoms with Gasteiger partial charge in [0.15, 0.2) is 0 Å². The van der Waals surface area contributed by atoms with Crippen LogP contribution in [0.5, 0.6) is 5.75 Å². The van der Waals surface area contributed by atoms with Crippen molar-refractivity contribution in [1.29, 1.82) is 0 Å². The SMILES string of the molecule is CCOc1ccc(S(=O)(=O)N2CCC[C@H](c3nnc(-c4ccc(F)cc4)o3)C2)cc1C. The monoisotopic (exact) mass is 445 g/mol. The number of hydrogen-bond donors (Lipinski definition) is 0. The Morgan fingerprint density at radius 3 is 2.68 bits per heavy atom. The van der Waals surface area contributed by atoms with Crippen LogP contribution in [0.1, 0.15) is 37.1 Å². The molecule has 164 valence electrons. The van der Waals surface area contributed by atoms with Gasteiger partial charge in [0.05, 0.1) is 17.4 Å². The van der Waals surface area contributed by atoms with Gasteiger partial charge in [-0.15, -0.1) is 10.2 Å². The molecule has 9 heteroatoms. The molecule has 1 aromatic heterocycles. The van der Waals surface area contributed by atoms with Crippen LogP contribution < -0.4 is 4.74 Å². The van der Waals surface area contributed by atoms with E-state index in [0.717, 1.165) is 12.0 Å². The molecule has 1 saturated heterocycles. The maximum absolute atomic E-state index is 13.2. The van der Waals surface area contributed by atoms with Gasteiger partial charge in [-0.25, -0.2) is 12.8 Å². The number of aryl methyl sites for hydroxylation is 1. The highest BCUT2D eigenvalue weighted by Crippen LogP contribution is 2.32. The van der Waals surface area contributed by atoms with Gasteiger partial charge < -0.3 is 9.15 Å². The summed E-state index contributed by atoms with van der Waals surface area (Å²) >= 11 is 0. The van der Waals surface area contributed by atoms with Crippen LogP contribution in [0.15, 0.2) is 51.8 Å². The van der Waals surface area contributed by atoms with Crippen molar-refractivity contribution in [2.45, 2.75) is 37.5 Å². The minimum Gasteiger partial charge on any atom is -0.494 e. The second-order valence-electron chi connectivity index (χ2n) is 7.51. The molecule has 1 atom stereocenters. The molecule has 7 nitrogen and oxygen atoms in total. The van der Waals surface area contributed by atoms with E-state index in [4.69, 9.17) is 9.15 Å². The molecule has 1 aliphatic heterocycles. The summed E-state index contributed by atoms with van der Waals surface area (Å²) in [6.45, 7) is 4.93. The third-order valence-electron chi connectivity index (χ3n) is 5.35. The number of hydrogen-bond acceptors (Lipinski definition) is 6. The first-order valence-corrected chi connectivity index (χ1v) is 11.7. The highest BCUT2D eigenvalue weighted by atomic mass is 32.2. The summed E-state index contributed by atoms with van der Waals surface area (Å²) in [5, 5.41) is 8.18. The summed E-state index contributed by atoms with van der Waals surface area (Å²) in [5.41, 5.74) is 1.39. The molecule has 1 fully saturated rings. The molecule has 0 aliphatic carbocycles. The van der Waals surface area contributed by atoms with E-state index in [1.165, 1.54) is 16.4 Å². The highest BCUT2D eigenvalue weighted by molar-refractivity contribution is 7.89. The summed E-state index contributed by atoms with van der Waals surface area (Å²) in [5.74, 6) is 0.812. The quantitative estimate of drug-likeness (QED) is 0.567. The van der Waals surface area contributed by atoms with Crippen LogP contribution in [0, 0.1) is 12.7 Å². The maximum atomic E-state index is 13.2. The minimum absolute atomic E-state index is 0.200. The standard InChI is InChI=1S/C22H24FN3O4S/c1-3-29-20-11-10-19(13-15(20)2)31(27,28)26-12-4-5-17(14-26)22-25-24-21(30-22)16-6-8-18(23)9-7-16/h6-11,13,17H,3-5,12,14H2,1-2H3/t17-/m0/s1. The Morgan fingerprint density at radius 1 is 1.19 bits per heavy atom. The van der Waals surface area contributed by atoms with Gasteiger partial charge in [0.2, 0.25) is 21.8 Å². The van der Waals surface area contributed by atoms with E-state index < -0.39 is 10.0 Å². The van der Waals surface area contributed by atoms with Crippen LogP contribution in [0.4, 0.5) is 4.39 Å². The Kier molecular flexibility index (Phi) is 6.06. The van der Waals surface area contributed by atoms with Crippen LogP contribution >= 0.6 is 0 Å².